The van der Waals surface area contributed by atoms with Crippen molar-refractivity contribution in [1.82, 2.24) is 5.23 Å². The number of nitrogens with two attached hydrogens (primary N) is 1. The van der Waals surface area contributed by atoms with Gasteiger partial charge in [0.1, 0.15) is 21.5 Å². The Kier molecular flexibility index (Phi) is 9.36. The Hall–Kier alpha value is -3.89. The summed E-state index contributed by atoms with van der Waals surface area (Å²) in [6.07, 6.45) is 18.7. The van der Waals surface area contributed by atoms with Gasteiger partial charge in [-0.3, -0.25) is 20.6 Å². The van der Waals surface area contributed by atoms with Crippen LogP contribution >= 0.6 is 0 Å². The predicted octanol–water partition coefficient (Wildman–Crippen LogP) is -1.46. The minimum Gasteiger partial charge on any atom is -0.744 e. The van der Waals surface area contributed by atoms with E-state index in [2.05, 4.69) is 20.4 Å². The molecule has 192 valence electrons. The molecule has 0 atom stereocenters. The van der Waals surface area contributed by atoms with Crippen LogP contribution in [0.3, 0.4) is 0 Å². The van der Waals surface area contributed by atoms with Crippen molar-refractivity contribution in [3.63, 3.8) is 0 Å². The molecule has 15 heteroatoms. The van der Waals surface area contributed by atoms with Gasteiger partial charge in [0.2, 0.25) is 0 Å². The molecule has 4 aliphatic carbocycles. The van der Waals surface area contributed by atoms with Gasteiger partial charge in [-0.25, -0.2) is 8.42 Å². The van der Waals surface area contributed by atoms with Crippen molar-refractivity contribution in [2.75, 3.05) is 0 Å². The van der Waals surface area contributed by atoms with Gasteiger partial charge in [0.15, 0.2) is 5.78 Å². The number of carbonyl (C=O) groups is 1. The van der Waals surface area contributed by atoms with Crippen molar-refractivity contribution in [3.05, 3.63) is 106 Å². The number of ketones is 1. The molecule has 0 bridgehead atoms. The Labute approximate surface area is 244 Å². The Morgan fingerprint density at radius 3 is 1.90 bits per heavy atom. The number of hydrogen-bond acceptors (Lipinski definition) is 13. The van der Waals surface area contributed by atoms with Gasteiger partial charge in [0.25, 0.3) is 0 Å². The molecule has 0 saturated heterocycles. The second-order valence-electron chi connectivity index (χ2n) is 7.79. The summed E-state index contributed by atoms with van der Waals surface area (Å²) in [6, 6.07) is 0. The van der Waals surface area contributed by atoms with E-state index < -0.39 is 20.7 Å². The maximum atomic E-state index is 11.3. The zero-order valence-corrected chi connectivity index (χ0v) is 23.1. The smallest absolute Gasteiger partial charge is 0.744 e. The molecule has 0 radical (unpaired) electrons. The van der Waals surface area contributed by atoms with Gasteiger partial charge in [-0.15, -0.1) is 10.3 Å². The fourth-order valence-electron chi connectivity index (χ4n) is 3.32. The van der Waals surface area contributed by atoms with Crippen LogP contribution in [0.1, 0.15) is 0 Å². The Morgan fingerprint density at radius 2 is 1.33 bits per heavy atom. The topological polar surface area (TPSA) is 217 Å². The summed E-state index contributed by atoms with van der Waals surface area (Å²) in [5.41, 5.74) is 7.12. The first-order valence-electron chi connectivity index (χ1n) is 10.7. The van der Waals surface area contributed by atoms with Crippen LogP contribution in [0.5, 0.6) is 0 Å². The molecule has 39 heavy (non-hydrogen) atoms. The van der Waals surface area contributed by atoms with Crippen molar-refractivity contribution in [2.45, 2.75) is 0 Å². The molecular weight excluding hydrogens is 537 g/mol. The molecule has 0 unspecified atom stereocenters. The average molecular weight is 556 g/mol. The number of carbonyl (C=O) groups excluding carboxylic acids is 1. The molecule has 0 heterocycles. The maximum Gasteiger partial charge on any atom is 1.00 e. The standard InChI is InChI=1S/C24H19N7O6S.Na/c25-20-12-21(26)24(38(35,36)37)13-22(20)30-29-17-7-10-19(23(11-17)31(33)34)14-1-3-15(4-2-14)27-28-16-5-8-18(32)9-6-16;/h1-13,26,33-34H,25H2,(H,35,36,37);/q;+1/p-1. The summed E-state index contributed by atoms with van der Waals surface area (Å²) in [4.78, 5) is 10.4. The first-order valence-corrected chi connectivity index (χ1v) is 12.1. The van der Waals surface area contributed by atoms with E-state index in [0.717, 1.165) is 12.2 Å². The molecule has 0 aromatic rings. The van der Waals surface area contributed by atoms with Crippen LogP contribution in [0, 0.1) is 5.41 Å². The number of nitrogens with one attached hydrogen (secondary N) is 1. The van der Waals surface area contributed by atoms with Crippen molar-refractivity contribution in [1.29, 1.82) is 5.41 Å². The number of rotatable bonds is 4. The Morgan fingerprint density at radius 1 is 0.795 bits per heavy atom. The molecule has 0 aromatic carbocycles. The number of hydroxylamine groups is 2. The summed E-state index contributed by atoms with van der Waals surface area (Å²) in [6.45, 7) is 0. The first-order chi connectivity index (χ1) is 18.0. The van der Waals surface area contributed by atoms with Crippen LogP contribution in [0.2, 0.25) is 0 Å². The Balaban J connectivity index is 0.00000420. The third kappa shape index (κ3) is 7.36. The van der Waals surface area contributed by atoms with Gasteiger partial charge >= 0.3 is 29.6 Å². The molecule has 0 aromatic heterocycles. The molecule has 13 nitrogen and oxygen atoms in total. The van der Waals surface area contributed by atoms with E-state index in [-0.39, 0.29) is 63.4 Å². The van der Waals surface area contributed by atoms with Crippen LogP contribution < -0.4 is 35.3 Å². The van der Waals surface area contributed by atoms with Crippen molar-refractivity contribution >= 4 is 44.5 Å². The summed E-state index contributed by atoms with van der Waals surface area (Å²) < 4.78 is 34.0. The largest absolute Gasteiger partial charge is 1.00 e. The minimum atomic E-state index is -4.92. The SMILES string of the molecule is N=C1C=C(N)C(=NN=C2C=CC(=C3C=CC(=NN=C4C=CC(=O)C=C4)C=C3)C(N(O)O)=C2)C=C1S(=O)(=O)[O-].[Na+]. The summed E-state index contributed by atoms with van der Waals surface area (Å²) >= 11 is 0. The summed E-state index contributed by atoms with van der Waals surface area (Å²) in [5, 5.41) is 43.0. The summed E-state index contributed by atoms with van der Waals surface area (Å²) in [7, 11) is -4.92. The van der Waals surface area contributed by atoms with E-state index in [0.29, 0.717) is 22.6 Å². The van der Waals surface area contributed by atoms with Gasteiger partial charge in [0.05, 0.1) is 33.4 Å². The summed E-state index contributed by atoms with van der Waals surface area (Å²) in [5.74, 6) is -0.130. The predicted molar refractivity (Wildman–Crippen MR) is 139 cm³/mol. The molecule has 0 spiro atoms. The van der Waals surface area contributed by atoms with Crippen LogP contribution in [0.4, 0.5) is 0 Å². The second-order valence-corrected chi connectivity index (χ2v) is 9.14. The van der Waals surface area contributed by atoms with E-state index in [1.165, 1.54) is 24.3 Å². The van der Waals surface area contributed by atoms with Gasteiger partial charge in [-0.05, 0) is 72.4 Å². The van der Waals surface area contributed by atoms with E-state index in [9.17, 15) is 28.2 Å². The molecule has 0 amide bonds. The van der Waals surface area contributed by atoms with Gasteiger partial charge < -0.3 is 10.3 Å². The molecule has 0 fully saturated rings. The minimum absolute atomic E-state index is 0. The Bertz CT molecular complexity index is 1610. The van der Waals surface area contributed by atoms with Crippen molar-refractivity contribution < 1.29 is 57.7 Å². The van der Waals surface area contributed by atoms with Crippen molar-refractivity contribution in [3.8, 4) is 0 Å². The van der Waals surface area contributed by atoms with E-state index in [1.807, 2.05) is 0 Å². The molecule has 5 N–H and O–H groups in total. The van der Waals surface area contributed by atoms with Gasteiger partial charge in [-0.2, -0.15) is 15.3 Å². The fourth-order valence-corrected chi connectivity index (χ4v) is 3.90. The molecule has 0 saturated carbocycles. The van der Waals surface area contributed by atoms with E-state index in [4.69, 9.17) is 11.1 Å². The molecule has 4 aliphatic rings. The van der Waals surface area contributed by atoms with Crippen LogP contribution in [-0.2, 0) is 14.9 Å². The number of allylic oxidation sites excluding steroid dienone is 15. The maximum absolute atomic E-state index is 11.3. The van der Waals surface area contributed by atoms with Gasteiger partial charge in [0, 0.05) is 5.57 Å². The van der Waals surface area contributed by atoms with Gasteiger partial charge in [-0.1, -0.05) is 12.2 Å². The zero-order valence-electron chi connectivity index (χ0n) is 20.3. The average Bonchev–Trinajstić information content (AvgIpc) is 2.87. The molecule has 4 rings (SSSR count). The van der Waals surface area contributed by atoms with E-state index >= 15 is 0 Å². The second kappa shape index (κ2) is 12.3. The number of nitrogens with zero attached hydrogens (tertiary/aromatic N) is 5. The monoisotopic (exact) mass is 555 g/mol. The number of hydrogen-bond donors (Lipinski definition) is 4. The van der Waals surface area contributed by atoms with Crippen LogP contribution in [-0.4, -0.2) is 63.0 Å². The van der Waals surface area contributed by atoms with Crippen molar-refractivity contribution in [2.24, 2.45) is 26.1 Å². The zero-order chi connectivity index (χ0) is 27.4. The molecular formula is C24H18N7NaO6S. The third-order valence-corrected chi connectivity index (χ3v) is 6.04. The first kappa shape index (κ1) is 29.7. The molecule has 0 aliphatic heterocycles. The van der Waals surface area contributed by atoms with E-state index in [1.54, 1.807) is 42.5 Å². The fraction of sp³-hybridized carbons (Fsp3) is 0. The normalized spacial score (nSPS) is 20.7. The quantitative estimate of drug-likeness (QED) is 0.139. The third-order valence-electron chi connectivity index (χ3n) is 5.16. The van der Waals surface area contributed by atoms with Crippen LogP contribution in [0.25, 0.3) is 0 Å². The van der Waals surface area contributed by atoms with Crippen LogP contribution in [0.15, 0.2) is 127 Å².